The van der Waals surface area contributed by atoms with E-state index in [1.165, 1.54) is 4.88 Å². The molecule has 0 aromatic carbocycles. The molecule has 0 radical (unpaired) electrons. The number of carbonyl (C=O) groups is 2. The Hall–Kier alpha value is -1.16. The first-order valence-corrected chi connectivity index (χ1v) is 6.31. The molecule has 2 rings (SSSR count). The lowest BCUT2D eigenvalue weighted by atomic mass is 10.0. The van der Waals surface area contributed by atoms with Gasteiger partial charge in [-0.05, 0) is 36.6 Å². The minimum Gasteiger partial charge on any atom is -0.465 e. The second-order valence-electron chi connectivity index (χ2n) is 3.94. The van der Waals surface area contributed by atoms with Crippen molar-refractivity contribution >= 4 is 23.6 Å². The van der Waals surface area contributed by atoms with E-state index >= 15 is 0 Å². The molecule has 0 N–H and O–H groups in total. The van der Waals surface area contributed by atoms with Gasteiger partial charge in [0.1, 0.15) is 12.2 Å². The van der Waals surface area contributed by atoms with Crippen LogP contribution in [0.2, 0.25) is 0 Å². The van der Waals surface area contributed by atoms with Crippen LogP contribution < -0.4 is 0 Å². The standard InChI is InChI=1S/C12H14O3S/c1-2-15-12(14)10(7-13)8-6-9(8)11-4-3-5-16-11/h3-5,7-10H,2,6H2,1H3. The van der Waals surface area contributed by atoms with Crippen LogP contribution in [-0.4, -0.2) is 18.9 Å². The molecule has 4 heteroatoms. The highest BCUT2D eigenvalue weighted by molar-refractivity contribution is 7.10. The summed E-state index contributed by atoms with van der Waals surface area (Å²) in [6.07, 6.45) is 1.65. The average molecular weight is 238 g/mol. The Labute approximate surface area is 98.4 Å². The van der Waals surface area contributed by atoms with Crippen molar-refractivity contribution in [2.45, 2.75) is 19.3 Å². The van der Waals surface area contributed by atoms with Crippen molar-refractivity contribution in [2.75, 3.05) is 6.61 Å². The Morgan fingerprint density at radius 1 is 1.75 bits per heavy atom. The van der Waals surface area contributed by atoms with Crippen LogP contribution in [0.5, 0.6) is 0 Å². The van der Waals surface area contributed by atoms with Crippen molar-refractivity contribution in [3.63, 3.8) is 0 Å². The molecule has 0 bridgehead atoms. The SMILES string of the molecule is CCOC(=O)C(C=O)C1CC1c1cccs1. The van der Waals surface area contributed by atoms with Gasteiger partial charge in [-0.2, -0.15) is 0 Å². The highest BCUT2D eigenvalue weighted by Gasteiger charge is 2.47. The van der Waals surface area contributed by atoms with Gasteiger partial charge in [-0.3, -0.25) is 4.79 Å². The van der Waals surface area contributed by atoms with E-state index in [1.54, 1.807) is 18.3 Å². The largest absolute Gasteiger partial charge is 0.465 e. The van der Waals surface area contributed by atoms with E-state index < -0.39 is 5.92 Å². The molecule has 1 aromatic heterocycles. The molecule has 16 heavy (non-hydrogen) atoms. The van der Waals surface area contributed by atoms with Gasteiger partial charge in [-0.15, -0.1) is 11.3 Å². The summed E-state index contributed by atoms with van der Waals surface area (Å²) >= 11 is 1.68. The zero-order valence-electron chi connectivity index (χ0n) is 9.09. The maximum absolute atomic E-state index is 11.5. The van der Waals surface area contributed by atoms with E-state index in [-0.39, 0.29) is 11.9 Å². The molecule has 0 saturated heterocycles. The van der Waals surface area contributed by atoms with E-state index in [4.69, 9.17) is 4.74 Å². The molecule has 1 aliphatic carbocycles. The van der Waals surface area contributed by atoms with Crippen molar-refractivity contribution in [1.29, 1.82) is 0 Å². The van der Waals surface area contributed by atoms with Crippen molar-refractivity contribution in [2.24, 2.45) is 11.8 Å². The third-order valence-electron chi connectivity index (χ3n) is 2.92. The number of carbonyl (C=O) groups excluding carboxylic acids is 2. The fraction of sp³-hybridized carbons (Fsp3) is 0.500. The van der Waals surface area contributed by atoms with Crippen molar-refractivity contribution in [3.8, 4) is 0 Å². The first kappa shape index (κ1) is 11.3. The Bertz CT molecular complexity index is 372. The highest BCUT2D eigenvalue weighted by Crippen LogP contribution is 2.52. The number of ether oxygens (including phenoxy) is 1. The van der Waals surface area contributed by atoms with Crippen LogP contribution in [-0.2, 0) is 14.3 Å². The predicted octanol–water partition coefficient (Wildman–Crippen LogP) is 2.23. The molecular formula is C12H14O3S. The number of aldehydes is 1. The molecule has 3 nitrogen and oxygen atoms in total. The van der Waals surface area contributed by atoms with Gasteiger partial charge in [0.05, 0.1) is 6.61 Å². The summed E-state index contributed by atoms with van der Waals surface area (Å²) in [5, 5.41) is 2.02. The highest BCUT2D eigenvalue weighted by atomic mass is 32.1. The van der Waals surface area contributed by atoms with Crippen molar-refractivity contribution < 1.29 is 14.3 Å². The van der Waals surface area contributed by atoms with Crippen LogP contribution in [0.1, 0.15) is 24.1 Å². The second kappa shape index (κ2) is 4.78. The summed E-state index contributed by atoms with van der Waals surface area (Å²) in [5.74, 6) is -0.427. The summed E-state index contributed by atoms with van der Waals surface area (Å²) in [6.45, 7) is 2.09. The fourth-order valence-corrected chi connectivity index (χ4v) is 2.93. The first-order valence-electron chi connectivity index (χ1n) is 5.43. The normalized spacial score (nSPS) is 24.8. The van der Waals surface area contributed by atoms with Gasteiger partial charge in [-0.25, -0.2) is 0 Å². The van der Waals surface area contributed by atoms with Crippen LogP contribution >= 0.6 is 11.3 Å². The Balaban J connectivity index is 1.98. The maximum atomic E-state index is 11.5. The molecule has 0 aliphatic heterocycles. The summed E-state index contributed by atoms with van der Waals surface area (Å²) in [7, 11) is 0. The zero-order valence-corrected chi connectivity index (χ0v) is 9.91. The summed E-state index contributed by atoms with van der Waals surface area (Å²) in [6, 6.07) is 4.05. The molecule has 3 unspecified atom stereocenters. The molecule has 1 aromatic rings. The number of hydrogen-bond donors (Lipinski definition) is 0. The van der Waals surface area contributed by atoms with Gasteiger partial charge in [-0.1, -0.05) is 6.07 Å². The molecule has 0 amide bonds. The maximum Gasteiger partial charge on any atom is 0.316 e. The topological polar surface area (TPSA) is 43.4 Å². The molecule has 86 valence electrons. The second-order valence-corrected chi connectivity index (χ2v) is 4.91. The quantitative estimate of drug-likeness (QED) is 0.449. The van der Waals surface area contributed by atoms with E-state index in [0.29, 0.717) is 12.5 Å². The summed E-state index contributed by atoms with van der Waals surface area (Å²) in [5.41, 5.74) is 0. The van der Waals surface area contributed by atoms with E-state index in [2.05, 4.69) is 6.07 Å². The molecular weight excluding hydrogens is 224 g/mol. The Morgan fingerprint density at radius 3 is 3.12 bits per heavy atom. The van der Waals surface area contributed by atoms with Gasteiger partial charge in [0.2, 0.25) is 0 Å². The zero-order chi connectivity index (χ0) is 11.5. The third kappa shape index (κ3) is 2.16. The minimum atomic E-state index is -0.577. The van der Waals surface area contributed by atoms with Gasteiger partial charge < -0.3 is 9.53 Å². The molecule has 1 aliphatic rings. The molecule has 1 heterocycles. The van der Waals surface area contributed by atoms with E-state index in [0.717, 1.165) is 12.7 Å². The molecule has 0 spiro atoms. The predicted molar refractivity (Wildman–Crippen MR) is 61.4 cm³/mol. The van der Waals surface area contributed by atoms with Crippen molar-refractivity contribution in [1.82, 2.24) is 0 Å². The van der Waals surface area contributed by atoms with Crippen LogP contribution in [0.15, 0.2) is 17.5 Å². The number of hydrogen-bond acceptors (Lipinski definition) is 4. The minimum absolute atomic E-state index is 0.148. The van der Waals surface area contributed by atoms with E-state index in [9.17, 15) is 9.59 Å². The van der Waals surface area contributed by atoms with Gasteiger partial charge in [0, 0.05) is 4.88 Å². The first-order chi connectivity index (χ1) is 7.77. The monoisotopic (exact) mass is 238 g/mol. The van der Waals surface area contributed by atoms with Gasteiger partial charge >= 0.3 is 5.97 Å². The number of esters is 1. The lowest BCUT2D eigenvalue weighted by Crippen LogP contribution is -2.21. The van der Waals surface area contributed by atoms with Crippen molar-refractivity contribution in [3.05, 3.63) is 22.4 Å². The van der Waals surface area contributed by atoms with Gasteiger partial charge in [0.25, 0.3) is 0 Å². The Morgan fingerprint density at radius 2 is 2.56 bits per heavy atom. The molecule has 1 fully saturated rings. The summed E-state index contributed by atoms with van der Waals surface area (Å²) < 4.78 is 4.90. The van der Waals surface area contributed by atoms with Crippen LogP contribution in [0.25, 0.3) is 0 Å². The Kier molecular flexibility index (Phi) is 3.39. The fourth-order valence-electron chi connectivity index (χ4n) is 2.01. The lowest BCUT2D eigenvalue weighted by molar-refractivity contribution is -0.150. The lowest BCUT2D eigenvalue weighted by Gasteiger charge is -2.08. The van der Waals surface area contributed by atoms with E-state index in [1.807, 2.05) is 11.4 Å². The third-order valence-corrected chi connectivity index (χ3v) is 3.92. The number of thiophene rings is 1. The number of rotatable bonds is 5. The van der Waals surface area contributed by atoms with Gasteiger partial charge in [0.15, 0.2) is 0 Å². The smallest absolute Gasteiger partial charge is 0.316 e. The van der Waals surface area contributed by atoms with Crippen LogP contribution in [0.4, 0.5) is 0 Å². The van der Waals surface area contributed by atoms with Crippen LogP contribution in [0.3, 0.4) is 0 Å². The average Bonchev–Trinajstić information content (AvgIpc) is 2.86. The molecule has 3 atom stereocenters. The summed E-state index contributed by atoms with van der Waals surface area (Å²) in [4.78, 5) is 23.7. The molecule has 1 saturated carbocycles. The van der Waals surface area contributed by atoms with Crippen LogP contribution in [0, 0.1) is 11.8 Å².